The van der Waals surface area contributed by atoms with Gasteiger partial charge in [0.1, 0.15) is 17.7 Å². The number of carbonyl (C=O) groups is 2. The molecule has 0 aliphatic carbocycles. The van der Waals surface area contributed by atoms with Crippen LogP contribution in [-0.4, -0.2) is 43.7 Å². The second kappa shape index (κ2) is 8.97. The normalized spacial score (nSPS) is 11.9. The minimum atomic E-state index is -1.15. The van der Waals surface area contributed by atoms with Crippen molar-refractivity contribution in [1.29, 1.82) is 0 Å². The lowest BCUT2D eigenvalue weighted by molar-refractivity contribution is -0.138. The number of aromatic amines is 1. The topological polar surface area (TPSA) is 108 Å². The molecule has 1 amide bonds. The minimum absolute atomic E-state index is 0.102. The molecule has 2 aromatic heterocycles. The number of H-pyrrole nitrogens is 1. The van der Waals surface area contributed by atoms with Gasteiger partial charge in [0.2, 0.25) is 0 Å². The number of thioether (sulfide) groups is 1. The van der Waals surface area contributed by atoms with Gasteiger partial charge in [0.05, 0.1) is 11.0 Å². The number of pyridine rings is 1. The van der Waals surface area contributed by atoms with E-state index in [2.05, 4.69) is 20.3 Å². The van der Waals surface area contributed by atoms with Crippen LogP contribution in [0.1, 0.15) is 10.4 Å². The Morgan fingerprint density at radius 2 is 1.84 bits per heavy atom. The summed E-state index contributed by atoms with van der Waals surface area (Å²) in [5, 5.41) is 12.0. The molecular formula is C22H17FN4O3S. The highest BCUT2D eigenvalue weighted by Crippen LogP contribution is 2.22. The summed E-state index contributed by atoms with van der Waals surface area (Å²) in [5.74, 6) is -1.27. The number of hydrogen-bond acceptors (Lipinski definition) is 5. The molecule has 4 aromatic rings. The zero-order valence-electron chi connectivity index (χ0n) is 16.1. The van der Waals surface area contributed by atoms with Crippen molar-refractivity contribution in [1.82, 2.24) is 20.3 Å². The van der Waals surface area contributed by atoms with Crippen LogP contribution in [0.3, 0.4) is 0 Å². The van der Waals surface area contributed by atoms with Crippen LogP contribution in [0.15, 0.2) is 71.9 Å². The molecule has 9 heteroatoms. The summed E-state index contributed by atoms with van der Waals surface area (Å²) in [6, 6.07) is 13.2. The highest BCUT2D eigenvalue weighted by Gasteiger charge is 2.21. The number of benzene rings is 2. The first-order valence-corrected chi connectivity index (χ1v) is 10.3. The molecule has 0 spiro atoms. The molecule has 0 aliphatic heterocycles. The Bertz CT molecular complexity index is 1230. The lowest BCUT2D eigenvalue weighted by Crippen LogP contribution is -2.42. The Morgan fingerprint density at radius 3 is 2.55 bits per heavy atom. The maximum absolute atomic E-state index is 13.0. The maximum atomic E-state index is 13.0. The Kier molecular flexibility index (Phi) is 5.94. The molecular weight excluding hydrogens is 419 g/mol. The summed E-state index contributed by atoms with van der Waals surface area (Å²) < 4.78 is 13.0. The average Bonchev–Trinajstić information content (AvgIpc) is 3.21. The Balaban J connectivity index is 1.47. The van der Waals surface area contributed by atoms with Crippen LogP contribution in [0, 0.1) is 5.82 Å². The number of nitrogens with one attached hydrogen (secondary N) is 2. The number of rotatable bonds is 7. The third-order valence-corrected chi connectivity index (χ3v) is 5.64. The summed E-state index contributed by atoms with van der Waals surface area (Å²) in [7, 11) is 0. The molecule has 31 heavy (non-hydrogen) atoms. The molecule has 2 aromatic carbocycles. The van der Waals surface area contributed by atoms with Gasteiger partial charge in [-0.1, -0.05) is 0 Å². The molecule has 2 heterocycles. The monoisotopic (exact) mass is 436 g/mol. The van der Waals surface area contributed by atoms with Gasteiger partial charge >= 0.3 is 5.97 Å². The van der Waals surface area contributed by atoms with E-state index in [0.29, 0.717) is 27.3 Å². The van der Waals surface area contributed by atoms with E-state index >= 15 is 0 Å². The molecule has 0 saturated heterocycles. The van der Waals surface area contributed by atoms with Crippen molar-refractivity contribution in [3.63, 3.8) is 0 Å². The van der Waals surface area contributed by atoms with Crippen molar-refractivity contribution in [3.05, 3.63) is 78.4 Å². The molecule has 3 N–H and O–H groups in total. The fourth-order valence-electron chi connectivity index (χ4n) is 2.92. The Morgan fingerprint density at radius 1 is 1.10 bits per heavy atom. The number of aliphatic carboxylic acids is 1. The zero-order chi connectivity index (χ0) is 21.8. The minimum Gasteiger partial charge on any atom is -0.480 e. The summed E-state index contributed by atoms with van der Waals surface area (Å²) in [6.45, 7) is 0. The number of halogens is 1. The quantitative estimate of drug-likeness (QED) is 0.381. The molecule has 1 unspecified atom stereocenters. The van der Waals surface area contributed by atoms with Gasteiger partial charge in [0.15, 0.2) is 0 Å². The van der Waals surface area contributed by atoms with Gasteiger partial charge in [0.25, 0.3) is 5.91 Å². The van der Waals surface area contributed by atoms with E-state index in [1.807, 2.05) is 12.1 Å². The van der Waals surface area contributed by atoms with Gasteiger partial charge in [-0.2, -0.15) is 0 Å². The molecule has 0 aliphatic rings. The third kappa shape index (κ3) is 4.89. The number of hydrogen-bond donors (Lipinski definition) is 3. The number of fused-ring (bicyclic) bond motifs is 1. The molecule has 0 saturated carbocycles. The largest absolute Gasteiger partial charge is 0.480 e. The molecule has 1 atom stereocenters. The summed E-state index contributed by atoms with van der Waals surface area (Å²) in [5.41, 5.74) is 2.52. The number of imidazole rings is 1. The van der Waals surface area contributed by atoms with E-state index in [0.717, 1.165) is 5.56 Å². The molecule has 0 radical (unpaired) electrons. The van der Waals surface area contributed by atoms with E-state index in [4.69, 9.17) is 0 Å². The van der Waals surface area contributed by atoms with E-state index in [9.17, 15) is 19.1 Å². The van der Waals surface area contributed by atoms with Gasteiger partial charge in [-0.15, -0.1) is 11.8 Å². The number of nitrogens with zero attached hydrogens (tertiary/aromatic N) is 2. The SMILES string of the molecule is O=C(NC(CSc1ccc(F)cc1)C(=O)O)c1ccc2nc(-c3ccncc3)[nH]c2c1. The van der Waals surface area contributed by atoms with Gasteiger partial charge in [-0.05, 0) is 54.6 Å². The number of carboxylic acids is 1. The van der Waals surface area contributed by atoms with Crippen LogP contribution in [-0.2, 0) is 4.79 Å². The van der Waals surface area contributed by atoms with Crippen molar-refractivity contribution in [3.8, 4) is 11.4 Å². The van der Waals surface area contributed by atoms with Crippen LogP contribution >= 0.6 is 11.8 Å². The van der Waals surface area contributed by atoms with Crippen LogP contribution in [0.2, 0.25) is 0 Å². The number of aromatic nitrogens is 3. The van der Waals surface area contributed by atoms with Crippen molar-refractivity contribution in [2.45, 2.75) is 10.9 Å². The molecule has 7 nitrogen and oxygen atoms in total. The summed E-state index contributed by atoms with van der Waals surface area (Å²) >= 11 is 1.22. The fourth-order valence-corrected chi connectivity index (χ4v) is 3.84. The first-order chi connectivity index (χ1) is 15.0. The van der Waals surface area contributed by atoms with E-state index < -0.39 is 17.9 Å². The fraction of sp³-hybridized carbons (Fsp3) is 0.0909. The summed E-state index contributed by atoms with van der Waals surface area (Å²) in [6.07, 6.45) is 3.33. The lowest BCUT2D eigenvalue weighted by Gasteiger charge is -2.14. The van der Waals surface area contributed by atoms with Crippen LogP contribution < -0.4 is 5.32 Å². The van der Waals surface area contributed by atoms with E-state index in [-0.39, 0.29) is 11.6 Å². The highest BCUT2D eigenvalue weighted by atomic mass is 32.2. The van der Waals surface area contributed by atoms with Crippen molar-refractivity contribution in [2.24, 2.45) is 0 Å². The van der Waals surface area contributed by atoms with Crippen LogP contribution in [0.25, 0.3) is 22.4 Å². The molecule has 156 valence electrons. The van der Waals surface area contributed by atoms with Crippen LogP contribution in [0.4, 0.5) is 4.39 Å². The summed E-state index contributed by atoms with van der Waals surface area (Å²) in [4.78, 5) is 36.6. The number of amides is 1. The second-order valence-electron chi connectivity index (χ2n) is 6.68. The van der Waals surface area contributed by atoms with Gasteiger partial charge in [-0.3, -0.25) is 9.78 Å². The van der Waals surface area contributed by atoms with Gasteiger partial charge in [0, 0.05) is 34.2 Å². The van der Waals surface area contributed by atoms with Gasteiger partial charge in [-0.25, -0.2) is 14.2 Å². The Hall–Kier alpha value is -3.72. The van der Waals surface area contributed by atoms with E-state index in [1.165, 1.54) is 23.9 Å². The highest BCUT2D eigenvalue weighted by molar-refractivity contribution is 7.99. The average molecular weight is 436 g/mol. The molecule has 0 fully saturated rings. The smallest absolute Gasteiger partial charge is 0.327 e. The standard InChI is InChI=1S/C22H17FN4O3S/c23-15-2-4-16(5-3-15)31-12-19(22(29)30)27-21(28)14-1-6-17-18(11-14)26-20(25-17)13-7-9-24-10-8-13/h1-11,19H,12H2,(H,25,26)(H,27,28)(H,29,30). The number of carbonyl (C=O) groups excluding carboxylic acids is 1. The van der Waals surface area contributed by atoms with Crippen molar-refractivity contribution >= 4 is 34.7 Å². The van der Waals surface area contributed by atoms with Crippen molar-refractivity contribution < 1.29 is 19.1 Å². The Labute approximate surface area is 180 Å². The second-order valence-corrected chi connectivity index (χ2v) is 7.78. The number of carboxylic acid groups (broad SMARTS) is 1. The predicted octanol–water partition coefficient (Wildman–Crippen LogP) is 3.74. The third-order valence-electron chi connectivity index (χ3n) is 4.53. The lowest BCUT2D eigenvalue weighted by atomic mass is 10.2. The first-order valence-electron chi connectivity index (χ1n) is 9.32. The van der Waals surface area contributed by atoms with Crippen LogP contribution in [0.5, 0.6) is 0 Å². The maximum Gasteiger partial charge on any atom is 0.327 e. The van der Waals surface area contributed by atoms with E-state index in [1.54, 1.807) is 42.7 Å². The first kappa shape index (κ1) is 20.5. The van der Waals surface area contributed by atoms with Gasteiger partial charge < -0.3 is 15.4 Å². The molecule has 4 rings (SSSR count). The predicted molar refractivity (Wildman–Crippen MR) is 115 cm³/mol. The molecule has 0 bridgehead atoms. The van der Waals surface area contributed by atoms with Crippen molar-refractivity contribution in [2.75, 3.05) is 5.75 Å². The zero-order valence-corrected chi connectivity index (χ0v) is 16.9.